The number of carboxylic acid groups (broad SMARTS) is 1. The first kappa shape index (κ1) is 16.4. The molecule has 1 rings (SSSR count). The van der Waals surface area contributed by atoms with Crippen LogP contribution in [0, 0.1) is 23.1 Å². The largest absolute Gasteiger partial charge is 0.481 e. The van der Waals surface area contributed by atoms with Crippen molar-refractivity contribution in [3.63, 3.8) is 0 Å². The molecule has 0 saturated heterocycles. The maximum Gasteiger partial charge on any atom is 0.319 e. The molecule has 0 fully saturated rings. The van der Waals surface area contributed by atoms with Crippen LogP contribution in [-0.2, 0) is 4.79 Å². The van der Waals surface area contributed by atoms with Gasteiger partial charge in [-0.2, -0.15) is 5.26 Å². The number of carbonyl (C=O) groups is 2. The summed E-state index contributed by atoms with van der Waals surface area (Å²) in [5.74, 6) is -2.39. The summed E-state index contributed by atoms with van der Waals surface area (Å²) in [6.07, 6.45) is 1.13. The Hall–Kier alpha value is -2.62. The third-order valence-electron chi connectivity index (χ3n) is 2.84. The molecule has 1 atom stereocenters. The number of hydrogen-bond acceptors (Lipinski definition) is 3. The molecular weight excluding hydrogens is 277 g/mol. The fourth-order valence-corrected chi connectivity index (χ4v) is 1.73. The molecule has 2 amide bonds. The van der Waals surface area contributed by atoms with Crippen molar-refractivity contribution in [1.82, 2.24) is 5.32 Å². The minimum Gasteiger partial charge on any atom is -0.481 e. The van der Waals surface area contributed by atoms with Crippen molar-refractivity contribution in [3.05, 3.63) is 29.6 Å². The van der Waals surface area contributed by atoms with Gasteiger partial charge in [0.2, 0.25) is 0 Å². The second-order valence-corrected chi connectivity index (χ2v) is 4.47. The van der Waals surface area contributed by atoms with E-state index in [9.17, 15) is 14.0 Å². The molecule has 0 aliphatic heterocycles. The van der Waals surface area contributed by atoms with Crippen molar-refractivity contribution < 1.29 is 19.1 Å². The molecule has 3 N–H and O–H groups in total. The first-order valence-electron chi connectivity index (χ1n) is 6.45. The zero-order valence-electron chi connectivity index (χ0n) is 11.5. The standard InChI is InChI=1S/C14H16FN3O3/c1-2-3-10(13(19)20)8-17-14(21)18-12-5-4-9(7-16)6-11(12)15/h4-6,10H,2-3,8H2,1H3,(H,19,20)(H2,17,18,21). The number of carbonyl (C=O) groups excluding carboxylic acids is 1. The third-order valence-corrected chi connectivity index (χ3v) is 2.84. The quantitative estimate of drug-likeness (QED) is 0.749. The zero-order chi connectivity index (χ0) is 15.8. The molecule has 7 heteroatoms. The van der Waals surface area contributed by atoms with E-state index in [-0.39, 0.29) is 17.8 Å². The van der Waals surface area contributed by atoms with E-state index in [1.165, 1.54) is 12.1 Å². The molecule has 0 radical (unpaired) electrons. The van der Waals surface area contributed by atoms with Crippen molar-refractivity contribution >= 4 is 17.7 Å². The maximum absolute atomic E-state index is 13.6. The number of nitrogens with one attached hydrogen (secondary N) is 2. The number of nitrogens with zero attached hydrogens (tertiary/aromatic N) is 1. The van der Waals surface area contributed by atoms with Crippen molar-refractivity contribution in [2.45, 2.75) is 19.8 Å². The zero-order valence-corrected chi connectivity index (χ0v) is 11.5. The number of nitriles is 1. The van der Waals surface area contributed by atoms with E-state index in [1.54, 1.807) is 6.07 Å². The Balaban J connectivity index is 2.58. The summed E-state index contributed by atoms with van der Waals surface area (Å²) in [4.78, 5) is 22.5. The molecule has 0 bridgehead atoms. The summed E-state index contributed by atoms with van der Waals surface area (Å²) >= 11 is 0. The van der Waals surface area contributed by atoms with Crippen LogP contribution in [0.2, 0.25) is 0 Å². The van der Waals surface area contributed by atoms with Crippen molar-refractivity contribution in [3.8, 4) is 6.07 Å². The SMILES string of the molecule is CCCC(CNC(=O)Nc1ccc(C#N)cc1F)C(=O)O. The highest BCUT2D eigenvalue weighted by Crippen LogP contribution is 2.15. The number of urea groups is 1. The van der Waals surface area contributed by atoms with E-state index < -0.39 is 23.7 Å². The molecule has 0 spiro atoms. The molecule has 0 aliphatic carbocycles. The van der Waals surface area contributed by atoms with Gasteiger partial charge in [-0.05, 0) is 24.6 Å². The Morgan fingerprint density at radius 2 is 2.19 bits per heavy atom. The molecule has 0 aliphatic rings. The Morgan fingerprint density at radius 1 is 1.48 bits per heavy atom. The van der Waals surface area contributed by atoms with E-state index >= 15 is 0 Å². The number of carboxylic acids is 1. The van der Waals surface area contributed by atoms with Crippen molar-refractivity contribution in [2.24, 2.45) is 5.92 Å². The van der Waals surface area contributed by atoms with Crippen molar-refractivity contribution in [2.75, 3.05) is 11.9 Å². The molecule has 1 aromatic carbocycles. The normalized spacial score (nSPS) is 11.3. The number of amides is 2. The van der Waals surface area contributed by atoms with Crippen LogP contribution >= 0.6 is 0 Å². The second-order valence-electron chi connectivity index (χ2n) is 4.47. The fraction of sp³-hybridized carbons (Fsp3) is 0.357. The predicted octanol–water partition coefficient (Wildman–Crippen LogP) is 2.32. The van der Waals surface area contributed by atoms with Crippen LogP contribution in [0.25, 0.3) is 0 Å². The average Bonchev–Trinajstić information content (AvgIpc) is 2.45. The summed E-state index contributed by atoms with van der Waals surface area (Å²) in [6.45, 7) is 1.81. The topological polar surface area (TPSA) is 102 Å². The second kappa shape index (κ2) is 7.85. The monoisotopic (exact) mass is 293 g/mol. The first-order valence-corrected chi connectivity index (χ1v) is 6.45. The number of aliphatic carboxylic acids is 1. The molecular formula is C14H16FN3O3. The van der Waals surface area contributed by atoms with E-state index in [1.807, 2.05) is 6.92 Å². The summed E-state index contributed by atoms with van der Waals surface area (Å²) in [6, 6.07) is 4.74. The van der Waals surface area contributed by atoms with Crippen LogP contribution in [0.15, 0.2) is 18.2 Å². The highest BCUT2D eigenvalue weighted by Gasteiger charge is 2.17. The van der Waals surface area contributed by atoms with Crippen molar-refractivity contribution in [1.29, 1.82) is 5.26 Å². The summed E-state index contributed by atoms with van der Waals surface area (Å²) in [5, 5.41) is 22.2. The van der Waals surface area contributed by atoms with Gasteiger partial charge in [0.1, 0.15) is 5.82 Å². The fourth-order valence-electron chi connectivity index (χ4n) is 1.73. The predicted molar refractivity (Wildman–Crippen MR) is 74.2 cm³/mol. The van der Waals surface area contributed by atoms with Crippen LogP contribution in [0.5, 0.6) is 0 Å². The minimum atomic E-state index is -0.985. The Bertz CT molecular complexity index is 569. The molecule has 0 saturated carbocycles. The highest BCUT2D eigenvalue weighted by molar-refractivity contribution is 5.89. The molecule has 6 nitrogen and oxygen atoms in total. The van der Waals surface area contributed by atoms with Crippen LogP contribution in [-0.4, -0.2) is 23.7 Å². The molecule has 21 heavy (non-hydrogen) atoms. The van der Waals surface area contributed by atoms with Gasteiger partial charge in [-0.15, -0.1) is 0 Å². The summed E-state index contributed by atoms with van der Waals surface area (Å²) in [7, 11) is 0. The van der Waals surface area contributed by atoms with Crippen LogP contribution < -0.4 is 10.6 Å². The van der Waals surface area contributed by atoms with E-state index in [0.29, 0.717) is 12.8 Å². The Morgan fingerprint density at radius 3 is 2.71 bits per heavy atom. The van der Waals surface area contributed by atoms with Gasteiger partial charge in [0.05, 0.1) is 23.2 Å². The lowest BCUT2D eigenvalue weighted by atomic mass is 10.0. The number of benzene rings is 1. The van der Waals surface area contributed by atoms with Crippen LogP contribution in [0.3, 0.4) is 0 Å². The third kappa shape index (κ3) is 5.10. The molecule has 0 aromatic heterocycles. The molecule has 1 unspecified atom stereocenters. The van der Waals surface area contributed by atoms with Gasteiger partial charge in [0, 0.05) is 6.54 Å². The van der Waals surface area contributed by atoms with Gasteiger partial charge < -0.3 is 15.7 Å². The van der Waals surface area contributed by atoms with Gasteiger partial charge in [0.25, 0.3) is 0 Å². The average molecular weight is 293 g/mol. The lowest BCUT2D eigenvalue weighted by Crippen LogP contribution is -2.35. The highest BCUT2D eigenvalue weighted by atomic mass is 19.1. The summed E-state index contributed by atoms with van der Waals surface area (Å²) in [5.41, 5.74) is 0.0706. The van der Waals surface area contributed by atoms with E-state index in [0.717, 1.165) is 6.07 Å². The summed E-state index contributed by atoms with van der Waals surface area (Å²) < 4.78 is 13.6. The molecule has 112 valence electrons. The molecule has 1 aromatic rings. The minimum absolute atomic E-state index is 0.0348. The number of hydrogen-bond donors (Lipinski definition) is 3. The number of anilines is 1. The lowest BCUT2D eigenvalue weighted by Gasteiger charge is -2.13. The first-order chi connectivity index (χ1) is 9.97. The van der Waals surface area contributed by atoms with Crippen LogP contribution in [0.1, 0.15) is 25.3 Å². The van der Waals surface area contributed by atoms with E-state index in [2.05, 4.69) is 10.6 Å². The van der Waals surface area contributed by atoms with Gasteiger partial charge >= 0.3 is 12.0 Å². The Kier molecular flexibility index (Phi) is 6.14. The van der Waals surface area contributed by atoms with Gasteiger partial charge in [-0.3, -0.25) is 4.79 Å². The van der Waals surface area contributed by atoms with Gasteiger partial charge in [-0.25, -0.2) is 9.18 Å². The van der Waals surface area contributed by atoms with Gasteiger partial charge in [0.15, 0.2) is 0 Å². The maximum atomic E-state index is 13.6. The number of rotatable bonds is 6. The van der Waals surface area contributed by atoms with Gasteiger partial charge in [-0.1, -0.05) is 13.3 Å². The Labute approximate surface area is 121 Å². The van der Waals surface area contributed by atoms with E-state index in [4.69, 9.17) is 10.4 Å². The molecule has 0 heterocycles. The lowest BCUT2D eigenvalue weighted by molar-refractivity contribution is -0.141. The smallest absolute Gasteiger partial charge is 0.319 e. The van der Waals surface area contributed by atoms with Crippen LogP contribution in [0.4, 0.5) is 14.9 Å². The number of halogens is 1.